The Labute approximate surface area is 127 Å². The normalized spacial score (nSPS) is 29.4. The molecule has 2 bridgehead atoms. The van der Waals surface area contributed by atoms with Gasteiger partial charge in [0.15, 0.2) is 0 Å². The van der Waals surface area contributed by atoms with E-state index >= 15 is 0 Å². The summed E-state index contributed by atoms with van der Waals surface area (Å²) in [5.41, 5.74) is 1.06. The molecule has 0 aliphatic heterocycles. The highest BCUT2D eigenvalue weighted by Gasteiger charge is 2.41. The molecule has 2 saturated carbocycles. The highest BCUT2D eigenvalue weighted by molar-refractivity contribution is 9.10. The van der Waals surface area contributed by atoms with Gasteiger partial charge in [-0.1, -0.05) is 12.5 Å². The van der Waals surface area contributed by atoms with Crippen LogP contribution in [0.2, 0.25) is 0 Å². The molecule has 0 aromatic heterocycles. The highest BCUT2D eigenvalue weighted by atomic mass is 79.9. The number of hydrogen-bond acceptors (Lipinski definition) is 2. The molecule has 2 fully saturated rings. The van der Waals surface area contributed by atoms with Gasteiger partial charge in [0.05, 0.1) is 11.3 Å². The van der Waals surface area contributed by atoms with Crippen LogP contribution in [0.4, 0.5) is 5.69 Å². The Bertz CT molecular complexity index is 531. The van der Waals surface area contributed by atoms with Gasteiger partial charge in [0.1, 0.15) is 0 Å². The Balaban J connectivity index is 1.78. The van der Waals surface area contributed by atoms with E-state index in [1.54, 1.807) is 6.07 Å². The lowest BCUT2D eigenvalue weighted by Crippen LogP contribution is -2.30. The number of hydrogen-bond donors (Lipinski definition) is 2. The van der Waals surface area contributed by atoms with Crippen LogP contribution in [0, 0.1) is 17.8 Å². The zero-order valence-electron chi connectivity index (χ0n) is 11.6. The summed E-state index contributed by atoms with van der Waals surface area (Å²) < 4.78 is 0.634. The first-order valence-electron chi connectivity index (χ1n) is 7.34. The van der Waals surface area contributed by atoms with Gasteiger partial charge in [-0.05, 0) is 72.0 Å². The molecule has 2 aliphatic carbocycles. The van der Waals surface area contributed by atoms with Crippen LogP contribution >= 0.6 is 15.9 Å². The number of nitrogens with one attached hydrogen (secondary N) is 1. The summed E-state index contributed by atoms with van der Waals surface area (Å²) >= 11 is 3.33. The molecular formula is C16H20BrNO2. The van der Waals surface area contributed by atoms with Crippen molar-refractivity contribution < 1.29 is 9.90 Å². The zero-order chi connectivity index (χ0) is 14.3. The summed E-state index contributed by atoms with van der Waals surface area (Å²) in [6.07, 6.45) is 5.42. The van der Waals surface area contributed by atoms with E-state index in [4.69, 9.17) is 0 Å². The van der Waals surface area contributed by atoms with Crippen LogP contribution in [0.25, 0.3) is 0 Å². The summed E-state index contributed by atoms with van der Waals surface area (Å²) in [6.45, 7) is 2.19. The van der Waals surface area contributed by atoms with Crippen LogP contribution < -0.4 is 5.32 Å². The summed E-state index contributed by atoms with van der Waals surface area (Å²) in [7, 11) is 0. The minimum atomic E-state index is -0.889. The van der Waals surface area contributed by atoms with Gasteiger partial charge in [0.2, 0.25) is 0 Å². The molecule has 3 nitrogen and oxygen atoms in total. The van der Waals surface area contributed by atoms with Crippen molar-refractivity contribution in [2.75, 3.05) is 5.32 Å². The van der Waals surface area contributed by atoms with Crippen LogP contribution in [-0.4, -0.2) is 17.1 Å². The fourth-order valence-electron chi connectivity index (χ4n) is 4.12. The third kappa shape index (κ3) is 2.46. The maximum Gasteiger partial charge on any atom is 0.338 e. The summed E-state index contributed by atoms with van der Waals surface area (Å²) in [5.74, 6) is 1.55. The first-order valence-corrected chi connectivity index (χ1v) is 8.14. The zero-order valence-corrected chi connectivity index (χ0v) is 13.2. The molecule has 2 aliphatic rings. The van der Waals surface area contributed by atoms with Crippen molar-refractivity contribution in [2.24, 2.45) is 17.8 Å². The van der Waals surface area contributed by atoms with Crippen LogP contribution in [0.5, 0.6) is 0 Å². The molecular weight excluding hydrogens is 318 g/mol. The van der Waals surface area contributed by atoms with Gasteiger partial charge in [0.25, 0.3) is 0 Å². The number of halogens is 1. The smallest absolute Gasteiger partial charge is 0.338 e. The molecule has 4 atom stereocenters. The van der Waals surface area contributed by atoms with Crippen molar-refractivity contribution >= 4 is 27.6 Å². The van der Waals surface area contributed by atoms with Gasteiger partial charge in [-0.2, -0.15) is 0 Å². The van der Waals surface area contributed by atoms with Crippen LogP contribution in [-0.2, 0) is 0 Å². The lowest BCUT2D eigenvalue weighted by Gasteiger charge is -2.29. The number of benzene rings is 1. The van der Waals surface area contributed by atoms with Crippen LogP contribution in [0.15, 0.2) is 22.7 Å². The van der Waals surface area contributed by atoms with E-state index in [2.05, 4.69) is 28.2 Å². The molecule has 4 heteroatoms. The molecule has 0 spiro atoms. The van der Waals surface area contributed by atoms with E-state index < -0.39 is 5.97 Å². The number of carboxylic acid groups (broad SMARTS) is 1. The van der Waals surface area contributed by atoms with Crippen molar-refractivity contribution in [1.82, 2.24) is 0 Å². The average Bonchev–Trinajstić information content (AvgIpc) is 3.00. The second-order valence-corrected chi connectivity index (χ2v) is 7.09. The predicted molar refractivity (Wildman–Crippen MR) is 83.1 cm³/mol. The topological polar surface area (TPSA) is 49.3 Å². The maximum atomic E-state index is 11.4. The Morgan fingerprint density at radius 3 is 2.80 bits per heavy atom. The van der Waals surface area contributed by atoms with E-state index in [0.717, 1.165) is 17.5 Å². The number of carboxylic acids is 1. The number of fused-ring (bicyclic) bond motifs is 2. The third-order valence-electron chi connectivity index (χ3n) is 5.05. The van der Waals surface area contributed by atoms with Crippen molar-refractivity contribution in [3.8, 4) is 0 Å². The van der Waals surface area contributed by atoms with Crippen molar-refractivity contribution in [3.05, 3.63) is 28.2 Å². The van der Waals surface area contributed by atoms with Crippen LogP contribution in [0.3, 0.4) is 0 Å². The van der Waals surface area contributed by atoms with E-state index in [1.807, 2.05) is 12.1 Å². The van der Waals surface area contributed by atoms with E-state index in [0.29, 0.717) is 22.0 Å². The predicted octanol–water partition coefficient (Wildman–Crippen LogP) is 4.38. The molecule has 0 radical (unpaired) electrons. The maximum absolute atomic E-state index is 11.4. The van der Waals surface area contributed by atoms with Crippen molar-refractivity contribution in [2.45, 2.75) is 38.6 Å². The molecule has 1 aromatic carbocycles. The van der Waals surface area contributed by atoms with Gasteiger partial charge in [-0.25, -0.2) is 4.79 Å². The molecule has 108 valence electrons. The number of anilines is 1. The Morgan fingerprint density at radius 2 is 2.20 bits per heavy atom. The van der Waals surface area contributed by atoms with Crippen molar-refractivity contribution in [3.63, 3.8) is 0 Å². The Morgan fingerprint density at radius 1 is 1.40 bits per heavy atom. The second-order valence-electron chi connectivity index (χ2n) is 6.24. The monoisotopic (exact) mass is 337 g/mol. The van der Waals surface area contributed by atoms with E-state index in [9.17, 15) is 9.90 Å². The standard InChI is InChI=1S/C16H20BrNO2/c1-9(12-8-10-5-6-11(12)7-10)18-14-4-2-3-13(17)15(14)16(19)20/h2-4,9-12,18H,5-8H2,1H3,(H,19,20). The lowest BCUT2D eigenvalue weighted by atomic mass is 9.84. The second kappa shape index (κ2) is 5.40. The van der Waals surface area contributed by atoms with E-state index in [-0.39, 0.29) is 0 Å². The molecule has 0 heterocycles. The molecule has 2 N–H and O–H groups in total. The Hall–Kier alpha value is -1.03. The molecule has 1 aromatic rings. The van der Waals surface area contributed by atoms with Crippen LogP contribution in [0.1, 0.15) is 43.0 Å². The summed E-state index contributed by atoms with van der Waals surface area (Å²) in [4.78, 5) is 11.4. The number of carbonyl (C=O) groups is 1. The molecule has 4 unspecified atom stereocenters. The van der Waals surface area contributed by atoms with Gasteiger partial charge < -0.3 is 10.4 Å². The van der Waals surface area contributed by atoms with E-state index in [1.165, 1.54) is 25.7 Å². The first kappa shape index (κ1) is 13.9. The fraction of sp³-hybridized carbons (Fsp3) is 0.562. The summed E-state index contributed by atoms with van der Waals surface area (Å²) in [6, 6.07) is 5.85. The summed E-state index contributed by atoms with van der Waals surface area (Å²) in [5, 5.41) is 12.8. The largest absolute Gasteiger partial charge is 0.478 e. The lowest BCUT2D eigenvalue weighted by molar-refractivity contribution is 0.0697. The average molecular weight is 338 g/mol. The van der Waals surface area contributed by atoms with Gasteiger partial charge in [-0.15, -0.1) is 0 Å². The molecule has 3 rings (SSSR count). The Kier molecular flexibility index (Phi) is 3.76. The third-order valence-corrected chi connectivity index (χ3v) is 5.71. The SMILES string of the molecule is CC(Nc1cccc(Br)c1C(=O)O)C1CC2CCC1C2. The minimum Gasteiger partial charge on any atom is -0.478 e. The number of aromatic carboxylic acids is 1. The van der Waals surface area contributed by atoms with Gasteiger partial charge in [0, 0.05) is 10.5 Å². The molecule has 0 saturated heterocycles. The fourth-order valence-corrected chi connectivity index (χ4v) is 4.66. The quantitative estimate of drug-likeness (QED) is 0.856. The number of rotatable bonds is 4. The molecule has 20 heavy (non-hydrogen) atoms. The van der Waals surface area contributed by atoms with Crippen molar-refractivity contribution in [1.29, 1.82) is 0 Å². The molecule has 0 amide bonds. The highest BCUT2D eigenvalue weighted by Crippen LogP contribution is 2.50. The van der Waals surface area contributed by atoms with Gasteiger partial charge >= 0.3 is 5.97 Å². The van der Waals surface area contributed by atoms with Gasteiger partial charge in [-0.3, -0.25) is 0 Å². The minimum absolute atomic E-state index is 0.331. The first-order chi connectivity index (χ1) is 9.56.